The van der Waals surface area contributed by atoms with Crippen LogP contribution < -0.4 is 5.32 Å². The van der Waals surface area contributed by atoms with Crippen molar-refractivity contribution in [2.45, 2.75) is 18.9 Å². The fourth-order valence-corrected chi connectivity index (χ4v) is 2.46. The Morgan fingerprint density at radius 2 is 2.35 bits per heavy atom. The maximum Gasteiger partial charge on any atom is 0.173 e. The number of nitrogens with zero attached hydrogens (tertiary/aromatic N) is 2. The Balaban J connectivity index is 2.02. The molecule has 17 heavy (non-hydrogen) atoms. The van der Waals surface area contributed by atoms with E-state index in [4.69, 9.17) is 4.42 Å². The zero-order valence-corrected chi connectivity index (χ0v) is 11.6. The van der Waals surface area contributed by atoms with E-state index in [2.05, 4.69) is 32.4 Å². The second-order valence-corrected chi connectivity index (χ2v) is 4.70. The standard InChI is InChI=1S/C12H16BrN3O/c1-14-11(10-6-8-17-12(10)13)4-3-9-5-7-15-16(9)2/h5-8,11,14H,3-4H2,1-2H3. The lowest BCUT2D eigenvalue weighted by Crippen LogP contribution is -2.17. The molecule has 2 aromatic rings. The first-order valence-corrected chi connectivity index (χ1v) is 6.38. The molecule has 5 heteroatoms. The Morgan fingerprint density at radius 3 is 2.88 bits per heavy atom. The Kier molecular flexibility index (Phi) is 4.02. The second kappa shape index (κ2) is 5.51. The van der Waals surface area contributed by atoms with Crippen molar-refractivity contribution >= 4 is 15.9 Å². The molecule has 1 unspecified atom stereocenters. The molecule has 1 atom stereocenters. The lowest BCUT2D eigenvalue weighted by Gasteiger charge is -2.14. The molecule has 2 heterocycles. The van der Waals surface area contributed by atoms with E-state index >= 15 is 0 Å². The lowest BCUT2D eigenvalue weighted by atomic mass is 10.0. The van der Waals surface area contributed by atoms with Crippen LogP contribution >= 0.6 is 15.9 Å². The van der Waals surface area contributed by atoms with Crippen LogP contribution in [0.3, 0.4) is 0 Å². The minimum Gasteiger partial charge on any atom is -0.457 e. The largest absolute Gasteiger partial charge is 0.457 e. The minimum absolute atomic E-state index is 0.290. The predicted octanol–water partition coefficient (Wildman–Crippen LogP) is 2.67. The van der Waals surface area contributed by atoms with Crippen LogP contribution in [-0.4, -0.2) is 16.8 Å². The van der Waals surface area contributed by atoms with Gasteiger partial charge in [-0.05, 0) is 48.0 Å². The molecule has 0 saturated carbocycles. The molecule has 0 fully saturated rings. The number of hydrogen-bond acceptors (Lipinski definition) is 3. The zero-order valence-electron chi connectivity index (χ0n) is 9.98. The molecule has 0 radical (unpaired) electrons. The molecule has 0 aliphatic rings. The molecule has 0 spiro atoms. The van der Waals surface area contributed by atoms with Crippen LogP contribution in [0.5, 0.6) is 0 Å². The number of aromatic nitrogens is 2. The van der Waals surface area contributed by atoms with Crippen molar-refractivity contribution in [3.05, 3.63) is 40.5 Å². The van der Waals surface area contributed by atoms with Gasteiger partial charge in [0.25, 0.3) is 0 Å². The highest BCUT2D eigenvalue weighted by atomic mass is 79.9. The summed E-state index contributed by atoms with van der Waals surface area (Å²) in [6.45, 7) is 0. The van der Waals surface area contributed by atoms with Crippen LogP contribution in [0.1, 0.15) is 23.7 Å². The van der Waals surface area contributed by atoms with Crippen LogP contribution in [0, 0.1) is 0 Å². The van der Waals surface area contributed by atoms with Crippen LogP contribution in [0.2, 0.25) is 0 Å². The minimum atomic E-state index is 0.290. The topological polar surface area (TPSA) is 43.0 Å². The highest BCUT2D eigenvalue weighted by molar-refractivity contribution is 9.10. The molecule has 2 aromatic heterocycles. The molecule has 0 aromatic carbocycles. The van der Waals surface area contributed by atoms with E-state index in [1.165, 1.54) is 5.69 Å². The Hall–Kier alpha value is -1.07. The second-order valence-electron chi connectivity index (χ2n) is 3.98. The maximum atomic E-state index is 5.27. The van der Waals surface area contributed by atoms with E-state index in [1.54, 1.807) is 6.26 Å². The summed E-state index contributed by atoms with van der Waals surface area (Å²) < 4.78 is 7.99. The highest BCUT2D eigenvalue weighted by Crippen LogP contribution is 2.27. The van der Waals surface area contributed by atoms with Crippen molar-refractivity contribution in [3.8, 4) is 0 Å². The van der Waals surface area contributed by atoms with E-state index < -0.39 is 0 Å². The molecule has 2 rings (SSSR count). The van der Waals surface area contributed by atoms with E-state index in [9.17, 15) is 0 Å². The normalized spacial score (nSPS) is 12.9. The molecule has 4 nitrogen and oxygen atoms in total. The smallest absolute Gasteiger partial charge is 0.173 e. The van der Waals surface area contributed by atoms with Gasteiger partial charge < -0.3 is 9.73 Å². The summed E-state index contributed by atoms with van der Waals surface area (Å²) in [5.41, 5.74) is 2.40. The van der Waals surface area contributed by atoms with Crippen molar-refractivity contribution in [1.82, 2.24) is 15.1 Å². The third-order valence-corrected chi connectivity index (χ3v) is 3.63. The fourth-order valence-electron chi connectivity index (χ4n) is 1.95. The van der Waals surface area contributed by atoms with Crippen molar-refractivity contribution in [2.24, 2.45) is 7.05 Å². The maximum absolute atomic E-state index is 5.27. The Labute approximate surface area is 109 Å². The fraction of sp³-hybridized carbons (Fsp3) is 0.417. The van der Waals surface area contributed by atoms with E-state index in [0.29, 0.717) is 0 Å². The summed E-state index contributed by atoms with van der Waals surface area (Å²) in [5, 5.41) is 7.48. The summed E-state index contributed by atoms with van der Waals surface area (Å²) in [5.74, 6) is 0. The Bertz CT molecular complexity index is 478. The summed E-state index contributed by atoms with van der Waals surface area (Å²) in [6.07, 6.45) is 5.53. The van der Waals surface area contributed by atoms with Gasteiger partial charge in [0.15, 0.2) is 4.67 Å². The van der Waals surface area contributed by atoms with Crippen LogP contribution in [0.15, 0.2) is 33.7 Å². The van der Waals surface area contributed by atoms with Gasteiger partial charge in [0.1, 0.15) is 0 Å². The first-order chi connectivity index (χ1) is 8.22. The number of aryl methyl sites for hydroxylation is 2. The third kappa shape index (κ3) is 2.79. The van der Waals surface area contributed by atoms with Gasteiger partial charge in [-0.15, -0.1) is 0 Å². The first kappa shape index (κ1) is 12.4. The highest BCUT2D eigenvalue weighted by Gasteiger charge is 2.15. The van der Waals surface area contributed by atoms with Gasteiger partial charge >= 0.3 is 0 Å². The quantitative estimate of drug-likeness (QED) is 0.923. The van der Waals surface area contributed by atoms with Gasteiger partial charge in [0.2, 0.25) is 0 Å². The van der Waals surface area contributed by atoms with Crippen molar-refractivity contribution in [3.63, 3.8) is 0 Å². The summed E-state index contributed by atoms with van der Waals surface area (Å²) in [7, 11) is 3.94. The third-order valence-electron chi connectivity index (χ3n) is 2.98. The summed E-state index contributed by atoms with van der Waals surface area (Å²) in [6, 6.07) is 4.34. The van der Waals surface area contributed by atoms with Gasteiger partial charge in [0, 0.05) is 30.5 Å². The van der Waals surface area contributed by atoms with Gasteiger partial charge in [-0.25, -0.2) is 0 Å². The molecule has 0 aliphatic heterocycles. The zero-order chi connectivity index (χ0) is 12.3. The average Bonchev–Trinajstić information content (AvgIpc) is 2.90. The van der Waals surface area contributed by atoms with E-state index in [-0.39, 0.29) is 6.04 Å². The molecule has 0 aliphatic carbocycles. The molecule has 1 N–H and O–H groups in total. The van der Waals surface area contributed by atoms with E-state index in [1.807, 2.05) is 31.0 Å². The number of halogens is 1. The number of hydrogen-bond donors (Lipinski definition) is 1. The first-order valence-electron chi connectivity index (χ1n) is 5.59. The summed E-state index contributed by atoms with van der Waals surface area (Å²) in [4.78, 5) is 0. The number of nitrogens with one attached hydrogen (secondary N) is 1. The van der Waals surface area contributed by atoms with Crippen LogP contribution in [0.25, 0.3) is 0 Å². The molecule has 92 valence electrons. The predicted molar refractivity (Wildman–Crippen MR) is 69.7 cm³/mol. The number of furan rings is 1. The van der Waals surface area contributed by atoms with Crippen LogP contribution in [0.4, 0.5) is 0 Å². The average molecular weight is 298 g/mol. The Morgan fingerprint density at radius 1 is 1.53 bits per heavy atom. The van der Waals surface area contributed by atoms with Gasteiger partial charge in [-0.1, -0.05) is 0 Å². The van der Waals surface area contributed by atoms with E-state index in [0.717, 1.165) is 23.1 Å². The number of rotatable bonds is 5. The van der Waals surface area contributed by atoms with Crippen LogP contribution in [-0.2, 0) is 13.5 Å². The molecular formula is C12H16BrN3O. The monoisotopic (exact) mass is 297 g/mol. The van der Waals surface area contributed by atoms with Crippen molar-refractivity contribution < 1.29 is 4.42 Å². The molecule has 0 bridgehead atoms. The van der Waals surface area contributed by atoms with Gasteiger partial charge in [0.05, 0.1) is 6.26 Å². The molecule has 0 amide bonds. The molecular weight excluding hydrogens is 282 g/mol. The van der Waals surface area contributed by atoms with Gasteiger partial charge in [-0.2, -0.15) is 5.10 Å². The lowest BCUT2D eigenvalue weighted by molar-refractivity contribution is 0.501. The van der Waals surface area contributed by atoms with Crippen molar-refractivity contribution in [1.29, 1.82) is 0 Å². The van der Waals surface area contributed by atoms with Gasteiger partial charge in [-0.3, -0.25) is 4.68 Å². The SMILES string of the molecule is CNC(CCc1ccnn1C)c1ccoc1Br. The summed E-state index contributed by atoms with van der Waals surface area (Å²) >= 11 is 3.42. The molecule has 0 saturated heterocycles. The van der Waals surface area contributed by atoms with Crippen molar-refractivity contribution in [2.75, 3.05) is 7.05 Å².